The molecule has 6 rings (SSSR count). The molecule has 2 aliphatic heterocycles. The first-order chi connectivity index (χ1) is 21.6. The fraction of sp³-hybridized carbons (Fsp3) is 0.424. The number of allylic oxidation sites excluding steroid dienone is 1. The molecule has 45 heavy (non-hydrogen) atoms. The first-order valence-electron chi connectivity index (χ1n) is 15.1. The smallest absolute Gasteiger partial charge is 0.330 e. The van der Waals surface area contributed by atoms with Crippen LogP contribution in [0.15, 0.2) is 48.6 Å². The van der Waals surface area contributed by atoms with Gasteiger partial charge < -0.3 is 29.7 Å². The summed E-state index contributed by atoms with van der Waals surface area (Å²) < 4.78 is 25.7. The SMILES string of the molecule is COc1ccc2c(O[C@@H]3C[C@H]4C(=O)NC5(C(=O)O)C[C@@H]5/C=C\CCCCN(C)C(=O)N4C3)nc(-c3ccc(F)cc3)nc2c1C. The van der Waals surface area contributed by atoms with Gasteiger partial charge in [0.2, 0.25) is 11.8 Å². The van der Waals surface area contributed by atoms with E-state index in [2.05, 4.69) is 5.32 Å². The first-order valence-corrected chi connectivity index (χ1v) is 15.1. The summed E-state index contributed by atoms with van der Waals surface area (Å²) in [6.45, 7) is 2.48. The molecule has 1 aliphatic carbocycles. The predicted molar refractivity (Wildman–Crippen MR) is 163 cm³/mol. The van der Waals surface area contributed by atoms with Gasteiger partial charge in [0.05, 0.1) is 24.6 Å². The fourth-order valence-corrected chi connectivity index (χ4v) is 6.28. The van der Waals surface area contributed by atoms with Gasteiger partial charge >= 0.3 is 12.0 Å². The highest BCUT2D eigenvalue weighted by atomic mass is 19.1. The molecule has 11 nitrogen and oxygen atoms in total. The van der Waals surface area contributed by atoms with Crippen LogP contribution in [0.25, 0.3) is 22.3 Å². The highest BCUT2D eigenvalue weighted by molar-refractivity contribution is 5.95. The molecule has 0 radical (unpaired) electrons. The molecule has 2 N–H and O–H groups in total. The van der Waals surface area contributed by atoms with Crippen molar-refractivity contribution in [1.82, 2.24) is 25.1 Å². The van der Waals surface area contributed by atoms with Crippen LogP contribution in [0.3, 0.4) is 0 Å². The number of carbonyl (C=O) groups is 3. The van der Waals surface area contributed by atoms with Crippen LogP contribution in [0.2, 0.25) is 0 Å². The third-order valence-electron chi connectivity index (χ3n) is 9.00. The van der Waals surface area contributed by atoms with E-state index in [0.717, 1.165) is 24.8 Å². The van der Waals surface area contributed by atoms with Crippen LogP contribution in [0.4, 0.5) is 9.18 Å². The number of nitrogens with zero attached hydrogens (tertiary/aromatic N) is 4. The Morgan fingerprint density at radius 3 is 2.64 bits per heavy atom. The number of carboxylic acid groups (broad SMARTS) is 1. The van der Waals surface area contributed by atoms with E-state index in [1.54, 1.807) is 43.3 Å². The van der Waals surface area contributed by atoms with Crippen LogP contribution in [0.1, 0.15) is 37.7 Å². The Hall–Kier alpha value is -4.74. The van der Waals surface area contributed by atoms with Gasteiger partial charge in [0.15, 0.2) is 5.82 Å². The molecule has 3 heterocycles. The molecule has 2 aromatic carbocycles. The first kappa shape index (κ1) is 30.3. The second-order valence-electron chi connectivity index (χ2n) is 12.0. The summed E-state index contributed by atoms with van der Waals surface area (Å²) in [5, 5.41) is 13.4. The number of aryl methyl sites for hydroxylation is 1. The van der Waals surface area contributed by atoms with E-state index in [9.17, 15) is 23.9 Å². The minimum absolute atomic E-state index is 0.0944. The van der Waals surface area contributed by atoms with Crippen molar-refractivity contribution >= 4 is 28.8 Å². The summed E-state index contributed by atoms with van der Waals surface area (Å²) in [4.78, 5) is 52.2. The Morgan fingerprint density at radius 2 is 1.91 bits per heavy atom. The zero-order chi connectivity index (χ0) is 31.9. The Balaban J connectivity index is 1.35. The number of urea groups is 1. The van der Waals surface area contributed by atoms with Gasteiger partial charge in [0.1, 0.15) is 29.3 Å². The van der Waals surface area contributed by atoms with Gasteiger partial charge in [-0.05, 0) is 69.0 Å². The van der Waals surface area contributed by atoms with Crippen molar-refractivity contribution in [1.29, 1.82) is 0 Å². The number of hydrogen-bond acceptors (Lipinski definition) is 7. The average Bonchev–Trinajstić information content (AvgIpc) is 3.56. The lowest BCUT2D eigenvalue weighted by atomic mass is 10.1. The van der Waals surface area contributed by atoms with Crippen LogP contribution >= 0.6 is 0 Å². The van der Waals surface area contributed by atoms with E-state index in [0.29, 0.717) is 41.0 Å². The summed E-state index contributed by atoms with van der Waals surface area (Å²) in [5.74, 6) is -1.13. The lowest BCUT2D eigenvalue weighted by Gasteiger charge is -2.29. The second kappa shape index (κ2) is 12.0. The highest BCUT2D eigenvalue weighted by Crippen LogP contribution is 2.45. The van der Waals surface area contributed by atoms with E-state index in [-0.39, 0.29) is 30.8 Å². The number of nitrogens with one attached hydrogen (secondary N) is 1. The molecule has 1 saturated carbocycles. The third-order valence-corrected chi connectivity index (χ3v) is 9.00. The molecular weight excluding hydrogens is 581 g/mol. The number of carboxylic acids is 1. The number of methoxy groups -OCH3 is 1. The number of amides is 3. The maximum Gasteiger partial charge on any atom is 0.330 e. The van der Waals surface area contributed by atoms with E-state index in [1.165, 1.54) is 17.0 Å². The number of aromatic nitrogens is 2. The highest BCUT2D eigenvalue weighted by Gasteiger charge is 2.61. The lowest BCUT2D eigenvalue weighted by molar-refractivity contribution is -0.144. The molecular formula is C33H36FN5O6. The van der Waals surface area contributed by atoms with E-state index < -0.39 is 35.4 Å². The number of carbonyl (C=O) groups excluding carboxylic acids is 2. The molecule has 1 unspecified atom stereocenters. The van der Waals surface area contributed by atoms with Gasteiger partial charge in [-0.25, -0.2) is 19.0 Å². The number of aliphatic carboxylic acids is 1. The van der Waals surface area contributed by atoms with Gasteiger partial charge in [-0.2, -0.15) is 4.98 Å². The Bertz CT molecular complexity index is 1680. The Kier molecular flexibility index (Phi) is 8.07. The number of rotatable bonds is 5. The lowest BCUT2D eigenvalue weighted by Crippen LogP contribution is -2.54. The van der Waals surface area contributed by atoms with Crippen molar-refractivity contribution in [3.8, 4) is 23.0 Å². The monoisotopic (exact) mass is 617 g/mol. The molecule has 2 fully saturated rings. The van der Waals surface area contributed by atoms with Crippen molar-refractivity contribution < 1.29 is 33.4 Å². The molecule has 12 heteroatoms. The maximum atomic E-state index is 13.7. The van der Waals surface area contributed by atoms with Gasteiger partial charge in [0.25, 0.3) is 0 Å². The van der Waals surface area contributed by atoms with Crippen molar-refractivity contribution in [2.24, 2.45) is 5.92 Å². The van der Waals surface area contributed by atoms with Gasteiger partial charge in [-0.1, -0.05) is 12.2 Å². The van der Waals surface area contributed by atoms with E-state index >= 15 is 0 Å². The summed E-state index contributed by atoms with van der Waals surface area (Å²) >= 11 is 0. The predicted octanol–water partition coefficient (Wildman–Crippen LogP) is 4.33. The Labute approximate surface area is 260 Å². The minimum Gasteiger partial charge on any atom is -0.496 e. The number of halogens is 1. The molecule has 1 saturated heterocycles. The van der Waals surface area contributed by atoms with E-state index in [1.807, 2.05) is 19.1 Å². The summed E-state index contributed by atoms with van der Waals surface area (Å²) in [6, 6.07) is 8.13. The summed E-state index contributed by atoms with van der Waals surface area (Å²) in [6.07, 6.45) is 6.03. The molecule has 1 aromatic heterocycles. The van der Waals surface area contributed by atoms with Crippen molar-refractivity contribution in [2.45, 2.75) is 56.7 Å². The molecule has 3 amide bonds. The Morgan fingerprint density at radius 1 is 1.13 bits per heavy atom. The van der Waals surface area contributed by atoms with E-state index in [4.69, 9.17) is 19.4 Å². The normalized spacial score (nSPS) is 26.0. The third kappa shape index (κ3) is 5.76. The molecule has 0 bridgehead atoms. The number of hydrogen-bond donors (Lipinski definition) is 2. The van der Waals surface area contributed by atoms with Crippen LogP contribution in [-0.4, -0.2) is 87.7 Å². The van der Waals surface area contributed by atoms with Crippen molar-refractivity contribution in [2.75, 3.05) is 27.2 Å². The molecule has 3 aromatic rings. The maximum absolute atomic E-state index is 13.7. The van der Waals surface area contributed by atoms with Gasteiger partial charge in [-0.3, -0.25) is 4.79 Å². The standard InChI is InChI=1S/C33H36FN5O6/c1-19-26(44-3)14-13-24-27(19)35-28(20-9-11-22(34)12-10-20)36-30(24)45-23-16-25-29(40)37-33(31(41)42)17-21(33)8-6-4-5-7-15-38(2)32(43)39(25)18-23/h6,8-14,21,23,25H,4-5,7,15-18H2,1-3H3,(H,37,40)(H,41,42)/b8-6-/t21-,23+,25-,33?/m0/s1. The largest absolute Gasteiger partial charge is 0.496 e. The molecule has 4 atom stereocenters. The van der Waals surface area contributed by atoms with Crippen LogP contribution in [0.5, 0.6) is 11.6 Å². The van der Waals surface area contributed by atoms with Crippen molar-refractivity contribution in [3.63, 3.8) is 0 Å². The number of fused-ring (bicyclic) bond motifs is 3. The van der Waals surface area contributed by atoms with Gasteiger partial charge in [-0.15, -0.1) is 0 Å². The van der Waals surface area contributed by atoms with Crippen molar-refractivity contribution in [3.05, 3.63) is 59.9 Å². The zero-order valence-electron chi connectivity index (χ0n) is 25.5. The fourth-order valence-electron chi connectivity index (χ4n) is 6.28. The van der Waals surface area contributed by atoms with Crippen LogP contribution < -0.4 is 14.8 Å². The van der Waals surface area contributed by atoms with Crippen LogP contribution in [0, 0.1) is 18.7 Å². The molecule has 0 spiro atoms. The minimum atomic E-state index is -1.39. The summed E-state index contributed by atoms with van der Waals surface area (Å²) in [7, 11) is 3.27. The summed E-state index contributed by atoms with van der Waals surface area (Å²) in [5.41, 5.74) is 0.537. The molecule has 3 aliphatic rings. The second-order valence-corrected chi connectivity index (χ2v) is 12.0. The number of benzene rings is 2. The average molecular weight is 618 g/mol. The quantitative estimate of drug-likeness (QED) is 0.405. The van der Waals surface area contributed by atoms with Crippen LogP contribution in [-0.2, 0) is 9.59 Å². The number of ether oxygens (including phenoxy) is 2. The topological polar surface area (TPSA) is 134 Å². The van der Waals surface area contributed by atoms with Gasteiger partial charge in [0, 0.05) is 37.1 Å². The zero-order valence-corrected chi connectivity index (χ0v) is 25.5. The molecule has 236 valence electrons.